The maximum Gasteiger partial charge on any atom is 0.471 e. The standard InChI is InChI=1S/C13H16F3NO/c1-9(2)3-4-10-5-7-11(8-6-10)17-12(18)13(14,15)16/h5-9H,3-4H2,1-2H3,(H,17,18). The van der Waals surface area contributed by atoms with E-state index in [0.717, 1.165) is 18.4 Å². The molecule has 100 valence electrons. The number of halogens is 3. The van der Waals surface area contributed by atoms with E-state index in [1.165, 1.54) is 12.1 Å². The van der Waals surface area contributed by atoms with Crippen LogP contribution >= 0.6 is 0 Å². The summed E-state index contributed by atoms with van der Waals surface area (Å²) in [5.74, 6) is -1.37. The van der Waals surface area contributed by atoms with Gasteiger partial charge in [-0.05, 0) is 36.5 Å². The number of aryl methyl sites for hydroxylation is 1. The van der Waals surface area contributed by atoms with E-state index in [9.17, 15) is 18.0 Å². The van der Waals surface area contributed by atoms with Gasteiger partial charge in [-0.1, -0.05) is 26.0 Å². The van der Waals surface area contributed by atoms with E-state index in [4.69, 9.17) is 0 Å². The van der Waals surface area contributed by atoms with Crippen molar-refractivity contribution in [1.82, 2.24) is 0 Å². The highest BCUT2D eigenvalue weighted by atomic mass is 19.4. The van der Waals surface area contributed by atoms with Crippen LogP contribution in [0.2, 0.25) is 0 Å². The van der Waals surface area contributed by atoms with E-state index >= 15 is 0 Å². The third-order valence-electron chi connectivity index (χ3n) is 2.48. The monoisotopic (exact) mass is 259 g/mol. The van der Waals surface area contributed by atoms with Gasteiger partial charge in [0.25, 0.3) is 0 Å². The van der Waals surface area contributed by atoms with Crippen molar-refractivity contribution in [3.05, 3.63) is 29.8 Å². The minimum absolute atomic E-state index is 0.158. The molecular formula is C13H16F3NO. The molecule has 0 spiro atoms. The van der Waals surface area contributed by atoms with Crippen molar-refractivity contribution >= 4 is 11.6 Å². The van der Waals surface area contributed by atoms with Gasteiger partial charge in [0.15, 0.2) is 0 Å². The number of benzene rings is 1. The number of nitrogens with one attached hydrogen (secondary N) is 1. The first-order valence-corrected chi connectivity index (χ1v) is 5.76. The van der Waals surface area contributed by atoms with Gasteiger partial charge in [-0.25, -0.2) is 0 Å². The fraction of sp³-hybridized carbons (Fsp3) is 0.462. The fourth-order valence-electron chi connectivity index (χ4n) is 1.41. The lowest BCUT2D eigenvalue weighted by molar-refractivity contribution is -0.167. The fourth-order valence-corrected chi connectivity index (χ4v) is 1.41. The van der Waals surface area contributed by atoms with Crippen LogP contribution in [0.25, 0.3) is 0 Å². The maximum absolute atomic E-state index is 12.0. The van der Waals surface area contributed by atoms with Gasteiger partial charge < -0.3 is 5.32 Å². The van der Waals surface area contributed by atoms with E-state index in [1.54, 1.807) is 12.1 Å². The van der Waals surface area contributed by atoms with Crippen molar-refractivity contribution < 1.29 is 18.0 Å². The summed E-state index contributed by atoms with van der Waals surface area (Å²) < 4.78 is 36.0. The van der Waals surface area contributed by atoms with E-state index in [-0.39, 0.29) is 5.69 Å². The van der Waals surface area contributed by atoms with E-state index in [2.05, 4.69) is 13.8 Å². The summed E-state index contributed by atoms with van der Waals surface area (Å²) in [6.07, 6.45) is -2.95. The summed E-state index contributed by atoms with van der Waals surface area (Å²) in [6.45, 7) is 4.22. The average molecular weight is 259 g/mol. The Morgan fingerprint density at radius 2 is 1.78 bits per heavy atom. The molecule has 2 nitrogen and oxygen atoms in total. The minimum Gasteiger partial charge on any atom is -0.318 e. The molecule has 0 radical (unpaired) electrons. The molecule has 0 atom stereocenters. The summed E-state index contributed by atoms with van der Waals surface area (Å²) in [4.78, 5) is 10.7. The number of carbonyl (C=O) groups excluding carboxylic acids is 1. The molecule has 0 aliphatic carbocycles. The van der Waals surface area contributed by atoms with Gasteiger partial charge >= 0.3 is 12.1 Å². The Labute approximate surface area is 104 Å². The lowest BCUT2D eigenvalue weighted by Gasteiger charge is -2.09. The van der Waals surface area contributed by atoms with Crippen molar-refractivity contribution in [3.8, 4) is 0 Å². The third kappa shape index (κ3) is 4.77. The highest BCUT2D eigenvalue weighted by Crippen LogP contribution is 2.19. The minimum atomic E-state index is -4.85. The Morgan fingerprint density at radius 3 is 2.22 bits per heavy atom. The number of alkyl halides is 3. The summed E-state index contributed by atoms with van der Waals surface area (Å²) in [5, 5.41) is 1.81. The number of rotatable bonds is 4. The predicted octanol–water partition coefficient (Wildman–Crippen LogP) is 3.78. The zero-order valence-corrected chi connectivity index (χ0v) is 10.3. The molecule has 18 heavy (non-hydrogen) atoms. The number of carbonyl (C=O) groups is 1. The van der Waals surface area contributed by atoms with Gasteiger partial charge in [-0.3, -0.25) is 4.79 Å². The summed E-state index contributed by atoms with van der Waals surface area (Å²) in [5.41, 5.74) is 1.21. The molecule has 1 N–H and O–H groups in total. The van der Waals surface area contributed by atoms with Gasteiger partial charge in [-0.2, -0.15) is 13.2 Å². The van der Waals surface area contributed by atoms with Crippen LogP contribution in [0.3, 0.4) is 0 Å². The third-order valence-corrected chi connectivity index (χ3v) is 2.48. The molecule has 0 heterocycles. The number of hydrogen-bond donors (Lipinski definition) is 1. The van der Waals surface area contributed by atoms with Gasteiger partial charge in [0.1, 0.15) is 0 Å². The van der Waals surface area contributed by atoms with Crippen LogP contribution in [0, 0.1) is 5.92 Å². The van der Waals surface area contributed by atoms with Crippen molar-refractivity contribution in [2.24, 2.45) is 5.92 Å². The molecule has 1 amide bonds. The molecule has 0 aliphatic rings. The molecule has 0 fully saturated rings. The van der Waals surface area contributed by atoms with E-state index in [0.29, 0.717) is 5.92 Å². The normalized spacial score (nSPS) is 11.7. The van der Waals surface area contributed by atoms with Crippen LogP contribution in [0.4, 0.5) is 18.9 Å². The van der Waals surface area contributed by atoms with E-state index in [1.807, 2.05) is 5.32 Å². The summed E-state index contributed by atoms with van der Waals surface area (Å²) in [6, 6.07) is 6.43. The molecule has 0 saturated heterocycles. The average Bonchev–Trinajstić information content (AvgIpc) is 2.26. The summed E-state index contributed by atoms with van der Waals surface area (Å²) >= 11 is 0. The zero-order valence-electron chi connectivity index (χ0n) is 10.3. The predicted molar refractivity (Wildman–Crippen MR) is 64.3 cm³/mol. The maximum atomic E-state index is 12.0. The van der Waals surface area contributed by atoms with Crippen molar-refractivity contribution in [2.45, 2.75) is 32.9 Å². The zero-order chi connectivity index (χ0) is 13.8. The van der Waals surface area contributed by atoms with Crippen LogP contribution in [-0.4, -0.2) is 12.1 Å². The van der Waals surface area contributed by atoms with Crippen LogP contribution < -0.4 is 5.32 Å². The summed E-state index contributed by atoms with van der Waals surface area (Å²) in [7, 11) is 0. The Bertz CT molecular complexity index is 396. The van der Waals surface area contributed by atoms with Gasteiger partial charge in [0.05, 0.1) is 0 Å². The van der Waals surface area contributed by atoms with Crippen LogP contribution in [0.1, 0.15) is 25.8 Å². The Balaban J connectivity index is 2.58. The van der Waals surface area contributed by atoms with Crippen molar-refractivity contribution in [1.29, 1.82) is 0 Å². The number of anilines is 1. The quantitative estimate of drug-likeness (QED) is 0.876. The first kappa shape index (κ1) is 14.5. The van der Waals surface area contributed by atoms with Gasteiger partial charge in [0.2, 0.25) is 0 Å². The number of amides is 1. The highest BCUT2D eigenvalue weighted by Gasteiger charge is 2.38. The second kappa shape index (κ2) is 5.89. The number of hydrogen-bond acceptors (Lipinski definition) is 1. The molecule has 1 rings (SSSR count). The van der Waals surface area contributed by atoms with Gasteiger partial charge in [-0.15, -0.1) is 0 Å². The molecule has 0 saturated carbocycles. The molecule has 5 heteroatoms. The molecule has 1 aromatic carbocycles. The van der Waals surface area contributed by atoms with Crippen molar-refractivity contribution in [2.75, 3.05) is 5.32 Å². The SMILES string of the molecule is CC(C)CCc1ccc(NC(=O)C(F)(F)F)cc1. The second-order valence-electron chi connectivity index (χ2n) is 4.58. The smallest absolute Gasteiger partial charge is 0.318 e. The molecule has 0 bridgehead atoms. The molecular weight excluding hydrogens is 243 g/mol. The van der Waals surface area contributed by atoms with Crippen LogP contribution in [0.5, 0.6) is 0 Å². The van der Waals surface area contributed by atoms with Gasteiger partial charge in [0, 0.05) is 5.69 Å². The van der Waals surface area contributed by atoms with Crippen molar-refractivity contribution in [3.63, 3.8) is 0 Å². The first-order valence-electron chi connectivity index (χ1n) is 5.76. The lowest BCUT2D eigenvalue weighted by Crippen LogP contribution is -2.29. The second-order valence-corrected chi connectivity index (χ2v) is 4.58. The Hall–Kier alpha value is -1.52. The van der Waals surface area contributed by atoms with Crippen LogP contribution in [-0.2, 0) is 11.2 Å². The van der Waals surface area contributed by atoms with Crippen LogP contribution in [0.15, 0.2) is 24.3 Å². The largest absolute Gasteiger partial charge is 0.471 e. The highest BCUT2D eigenvalue weighted by molar-refractivity contribution is 5.94. The van der Waals surface area contributed by atoms with E-state index < -0.39 is 12.1 Å². The molecule has 1 aromatic rings. The first-order chi connectivity index (χ1) is 8.29. The topological polar surface area (TPSA) is 29.1 Å². The molecule has 0 aromatic heterocycles. The Kier molecular flexibility index (Phi) is 4.76. The molecule has 0 aliphatic heterocycles. The lowest BCUT2D eigenvalue weighted by atomic mass is 10.0. The Morgan fingerprint density at radius 1 is 1.22 bits per heavy atom. The molecule has 0 unspecified atom stereocenters.